The largest absolute Gasteiger partial charge is 0.355 e. The van der Waals surface area contributed by atoms with Crippen molar-refractivity contribution in [3.8, 4) is 0 Å². The molecule has 0 spiro atoms. The Hall–Kier alpha value is -0.470. The van der Waals surface area contributed by atoms with E-state index in [0.717, 1.165) is 5.75 Å². The predicted octanol–water partition coefficient (Wildman–Crippen LogP) is 4.18. The van der Waals surface area contributed by atoms with Crippen LogP contribution in [-0.4, -0.2) is 48.8 Å². The first-order chi connectivity index (χ1) is 13.0. The van der Waals surface area contributed by atoms with Crippen LogP contribution in [0.1, 0.15) is 39.2 Å². The summed E-state index contributed by atoms with van der Waals surface area (Å²) in [5, 5.41) is 3.67. The highest BCUT2D eigenvalue weighted by atomic mass is 35.5. The Labute approximate surface area is 182 Å². The van der Waals surface area contributed by atoms with Crippen molar-refractivity contribution >= 4 is 50.9 Å². The van der Waals surface area contributed by atoms with Gasteiger partial charge in [0.2, 0.25) is 15.9 Å². The summed E-state index contributed by atoms with van der Waals surface area (Å²) < 4.78 is 27.2. The van der Waals surface area contributed by atoms with Crippen LogP contribution in [0.4, 0.5) is 0 Å². The van der Waals surface area contributed by atoms with Gasteiger partial charge in [0.25, 0.3) is 0 Å². The normalized spacial score (nSPS) is 18.8. The van der Waals surface area contributed by atoms with E-state index in [-0.39, 0.29) is 28.9 Å². The van der Waals surface area contributed by atoms with E-state index in [2.05, 4.69) is 26.1 Å². The number of benzene rings is 1. The number of sulfonamides is 1. The van der Waals surface area contributed by atoms with Gasteiger partial charge in [0, 0.05) is 30.1 Å². The number of piperidine rings is 1. The van der Waals surface area contributed by atoms with Crippen molar-refractivity contribution in [2.45, 2.75) is 44.1 Å². The second-order valence-electron chi connectivity index (χ2n) is 7.95. The van der Waals surface area contributed by atoms with E-state index >= 15 is 0 Å². The maximum absolute atomic E-state index is 12.8. The summed E-state index contributed by atoms with van der Waals surface area (Å²) in [5.74, 6) is 0.308. The average Bonchev–Trinajstić information content (AvgIpc) is 2.61. The molecular weight excluding hydrogens is 439 g/mol. The fourth-order valence-corrected chi connectivity index (χ4v) is 5.75. The number of thioether (sulfide) groups is 1. The van der Waals surface area contributed by atoms with Crippen molar-refractivity contribution in [1.29, 1.82) is 0 Å². The smallest absolute Gasteiger partial charge is 0.224 e. The Kier molecular flexibility index (Phi) is 8.52. The van der Waals surface area contributed by atoms with Gasteiger partial charge < -0.3 is 5.32 Å². The third-order valence-electron chi connectivity index (χ3n) is 4.42. The van der Waals surface area contributed by atoms with Crippen LogP contribution in [0.25, 0.3) is 0 Å². The van der Waals surface area contributed by atoms with E-state index in [1.165, 1.54) is 4.31 Å². The van der Waals surface area contributed by atoms with Gasteiger partial charge in [0.1, 0.15) is 0 Å². The number of nitrogens with zero attached hydrogens (tertiary/aromatic N) is 1. The lowest BCUT2D eigenvalue weighted by Crippen LogP contribution is -2.46. The lowest BCUT2D eigenvalue weighted by atomic mass is 9.99. The zero-order valence-corrected chi connectivity index (χ0v) is 19.6. The molecule has 0 saturated carbocycles. The van der Waals surface area contributed by atoms with Crippen LogP contribution in [0.3, 0.4) is 0 Å². The minimum Gasteiger partial charge on any atom is -0.355 e. The fraction of sp³-hybridized carbons (Fsp3) is 0.632. The number of hydrogen-bond donors (Lipinski definition) is 1. The predicted molar refractivity (Wildman–Crippen MR) is 119 cm³/mol. The summed E-state index contributed by atoms with van der Waals surface area (Å²) in [5.41, 5.74) is 0.584. The first-order valence-corrected chi connectivity index (χ1v) is 12.7. The molecule has 2 rings (SSSR count). The van der Waals surface area contributed by atoms with Gasteiger partial charge >= 0.3 is 0 Å². The van der Waals surface area contributed by atoms with E-state index in [1.54, 1.807) is 30.0 Å². The monoisotopic (exact) mass is 466 g/mol. The van der Waals surface area contributed by atoms with Crippen molar-refractivity contribution in [1.82, 2.24) is 9.62 Å². The van der Waals surface area contributed by atoms with Crippen LogP contribution < -0.4 is 5.32 Å². The number of rotatable bonds is 7. The molecule has 5 nitrogen and oxygen atoms in total. The van der Waals surface area contributed by atoms with E-state index in [0.29, 0.717) is 41.5 Å². The van der Waals surface area contributed by atoms with Crippen molar-refractivity contribution in [3.05, 3.63) is 33.8 Å². The molecule has 9 heteroatoms. The summed E-state index contributed by atoms with van der Waals surface area (Å²) >= 11 is 13.7. The highest BCUT2D eigenvalue weighted by Crippen LogP contribution is 2.26. The van der Waals surface area contributed by atoms with E-state index < -0.39 is 10.0 Å². The topological polar surface area (TPSA) is 66.5 Å². The maximum atomic E-state index is 12.8. The van der Waals surface area contributed by atoms with Gasteiger partial charge in [-0.1, -0.05) is 50.0 Å². The summed E-state index contributed by atoms with van der Waals surface area (Å²) in [6.45, 7) is 7.66. The van der Waals surface area contributed by atoms with Gasteiger partial charge in [-0.05, 0) is 30.5 Å². The third-order valence-corrected chi connectivity index (χ3v) is 8.25. The summed E-state index contributed by atoms with van der Waals surface area (Å²) in [7, 11) is -3.53. The molecule has 1 N–H and O–H groups in total. The van der Waals surface area contributed by atoms with Crippen LogP contribution in [0.15, 0.2) is 18.2 Å². The number of hydrogen-bond acceptors (Lipinski definition) is 4. The molecule has 1 aromatic carbocycles. The van der Waals surface area contributed by atoms with Crippen LogP contribution in [0.5, 0.6) is 0 Å². The second-order valence-corrected chi connectivity index (χ2v) is 12.7. The van der Waals surface area contributed by atoms with Gasteiger partial charge in [0.15, 0.2) is 0 Å². The molecule has 0 bridgehead atoms. The number of carbonyl (C=O) groups excluding carboxylic acids is 1. The Bertz CT molecular complexity index is 795. The first-order valence-electron chi connectivity index (χ1n) is 9.31. The van der Waals surface area contributed by atoms with E-state index in [9.17, 15) is 13.2 Å². The minimum atomic E-state index is -3.53. The first kappa shape index (κ1) is 23.8. The zero-order chi connectivity index (χ0) is 20.9. The molecule has 1 heterocycles. The van der Waals surface area contributed by atoms with Crippen molar-refractivity contribution in [2.24, 2.45) is 5.92 Å². The molecule has 1 amide bonds. The molecule has 0 aromatic heterocycles. The van der Waals surface area contributed by atoms with E-state index in [4.69, 9.17) is 23.2 Å². The lowest BCUT2D eigenvalue weighted by molar-refractivity contribution is -0.125. The standard InChI is InChI=1S/C19H28Cl2N2O3S2/c1-19(2,3)27-10-8-22-18(24)15-5-4-9-23(12-15)28(25,26)13-14-6-7-16(20)17(21)11-14/h6-7,11,15H,4-5,8-10,12-13H2,1-3H3,(H,22,24)/t15-/m0/s1. The summed E-state index contributed by atoms with van der Waals surface area (Å²) in [6.07, 6.45) is 1.38. The Morgan fingerprint density at radius 3 is 2.64 bits per heavy atom. The number of amides is 1. The molecule has 1 aliphatic rings. The van der Waals surface area contributed by atoms with Crippen molar-refractivity contribution in [2.75, 3.05) is 25.4 Å². The van der Waals surface area contributed by atoms with Gasteiger partial charge in [-0.25, -0.2) is 12.7 Å². The lowest BCUT2D eigenvalue weighted by Gasteiger charge is -2.31. The van der Waals surface area contributed by atoms with Gasteiger partial charge in [-0.2, -0.15) is 11.8 Å². The molecule has 28 heavy (non-hydrogen) atoms. The molecule has 0 aliphatic carbocycles. The molecule has 0 unspecified atom stereocenters. The highest BCUT2D eigenvalue weighted by molar-refractivity contribution is 8.00. The summed E-state index contributed by atoms with van der Waals surface area (Å²) in [4.78, 5) is 12.5. The fourth-order valence-electron chi connectivity index (χ4n) is 3.02. The van der Waals surface area contributed by atoms with Gasteiger partial charge in [0.05, 0.1) is 21.7 Å². The van der Waals surface area contributed by atoms with Crippen molar-refractivity contribution < 1.29 is 13.2 Å². The van der Waals surface area contributed by atoms with Crippen LogP contribution in [-0.2, 0) is 20.6 Å². The van der Waals surface area contributed by atoms with Crippen LogP contribution in [0.2, 0.25) is 10.0 Å². The zero-order valence-electron chi connectivity index (χ0n) is 16.5. The average molecular weight is 467 g/mol. The molecule has 158 valence electrons. The van der Waals surface area contributed by atoms with Crippen LogP contribution >= 0.6 is 35.0 Å². The number of nitrogens with one attached hydrogen (secondary N) is 1. The molecule has 1 fully saturated rings. The van der Waals surface area contributed by atoms with Crippen LogP contribution in [0, 0.1) is 5.92 Å². The highest BCUT2D eigenvalue weighted by Gasteiger charge is 2.32. The van der Waals surface area contributed by atoms with E-state index in [1.807, 2.05) is 0 Å². The molecule has 0 radical (unpaired) electrons. The Morgan fingerprint density at radius 1 is 1.29 bits per heavy atom. The molecule has 1 atom stereocenters. The molecule has 1 saturated heterocycles. The molecule has 1 aromatic rings. The number of carbonyl (C=O) groups is 1. The maximum Gasteiger partial charge on any atom is 0.224 e. The number of halogens is 2. The van der Waals surface area contributed by atoms with Gasteiger partial charge in [-0.3, -0.25) is 4.79 Å². The quantitative estimate of drug-likeness (QED) is 0.611. The second kappa shape index (κ2) is 10.0. The Balaban J connectivity index is 1.91. The molecule has 1 aliphatic heterocycles. The Morgan fingerprint density at radius 2 is 2.00 bits per heavy atom. The third kappa shape index (κ3) is 7.41. The van der Waals surface area contributed by atoms with Gasteiger partial charge in [-0.15, -0.1) is 0 Å². The summed E-state index contributed by atoms with van der Waals surface area (Å²) in [6, 6.07) is 4.83. The molecular formula is C19H28Cl2N2O3S2. The SMILES string of the molecule is CC(C)(C)SCCNC(=O)[C@H]1CCCN(S(=O)(=O)Cc2ccc(Cl)c(Cl)c2)C1. The minimum absolute atomic E-state index is 0.0658. The van der Waals surface area contributed by atoms with Crippen molar-refractivity contribution in [3.63, 3.8) is 0 Å².